The zero-order chi connectivity index (χ0) is 99.2. The number of hydrogen-bond donors (Lipinski definition) is 11. The van der Waals surface area contributed by atoms with Crippen molar-refractivity contribution in [3.63, 3.8) is 0 Å². The SMILES string of the molecule is CCO[C@H](C[C@H](C(C)C)N(C)C(=O)[C@@H](CC(=O)[C@H]1CCCC[N+]1(C)Cc1ccc(O[C@@H]2O[C@H](C(=O)O)[C@@H](O)[C@H](O)[C@H]2O)c(NC(=O)CCNC(=O)[C@H](CCCCNC(=O)CCOCCOCCOCCOCCOCCOCCOCCOCCOCCOCCOCCOC)NC(=O)[C@H](CN)N2C(=O)C=CC2=O)c1)[C@@H](C)CC)c1nc(C(=O)N[C@@H](Cc2ccccc2)C[C@H](C)C(=O)O)cs1. The molecule has 0 spiro atoms. The molecule has 2 saturated heterocycles. The lowest BCUT2D eigenvalue weighted by atomic mass is 9.82. The van der Waals surface area contributed by atoms with Gasteiger partial charge < -0.3 is 138 Å². The number of hydrogen-bond acceptors (Lipinski definition) is 32. The van der Waals surface area contributed by atoms with E-state index in [1.807, 2.05) is 72.0 Å². The molecule has 3 aliphatic rings. The number of methoxy groups -OCH3 is 1. The highest BCUT2D eigenvalue weighted by Crippen LogP contribution is 2.37. The third kappa shape index (κ3) is 41.8. The highest BCUT2D eigenvalue weighted by molar-refractivity contribution is 7.09. The third-order valence-corrected chi connectivity index (χ3v) is 24.5. The van der Waals surface area contributed by atoms with Crippen molar-refractivity contribution in [2.24, 2.45) is 29.4 Å². The van der Waals surface area contributed by atoms with E-state index in [4.69, 9.17) is 81.8 Å². The Morgan fingerprint density at radius 2 is 1.21 bits per heavy atom. The number of carbonyl (C=O) groups excluding carboxylic acids is 9. The van der Waals surface area contributed by atoms with Gasteiger partial charge in [0.05, 0.1) is 177 Å². The number of aliphatic carboxylic acids is 2. The predicted molar refractivity (Wildman–Crippen MR) is 496 cm³/mol. The number of aromatic nitrogens is 1. The molecule has 1 unspecified atom stereocenters. The summed E-state index contributed by atoms with van der Waals surface area (Å²) in [5.41, 5.74) is 7.52. The molecule has 0 radical (unpaired) electrons. The maximum Gasteiger partial charge on any atom is 0.335 e. The Morgan fingerprint density at radius 1 is 0.647 bits per heavy atom. The number of benzene rings is 2. The van der Waals surface area contributed by atoms with E-state index < -0.39 is 139 Å². The number of ether oxygens (including phenoxy) is 15. The number of nitrogens with zero attached hydrogens (tertiary/aromatic N) is 4. The van der Waals surface area contributed by atoms with Crippen LogP contribution in [0.15, 0.2) is 66.1 Å². The normalized spacial score (nSPS) is 19.6. The lowest BCUT2D eigenvalue weighted by Crippen LogP contribution is -2.61. The molecule has 3 aromatic rings. The average molecular weight is 1950 g/mol. The zero-order valence-corrected chi connectivity index (χ0v) is 81.2. The maximum atomic E-state index is 15.3. The van der Waals surface area contributed by atoms with Gasteiger partial charge in [0.1, 0.15) is 65.5 Å². The number of thiazole rings is 1. The molecule has 6 rings (SSSR count). The maximum absolute atomic E-state index is 15.3. The summed E-state index contributed by atoms with van der Waals surface area (Å²) in [7, 11) is 5.30. The zero-order valence-electron chi connectivity index (χ0n) is 80.3. The van der Waals surface area contributed by atoms with Crippen LogP contribution in [0.3, 0.4) is 0 Å². The van der Waals surface area contributed by atoms with Crippen LogP contribution in [0.25, 0.3) is 0 Å². The minimum Gasteiger partial charge on any atom is -0.481 e. The molecule has 766 valence electrons. The lowest BCUT2D eigenvalue weighted by Gasteiger charge is -2.45. The van der Waals surface area contributed by atoms with Gasteiger partial charge in [0.25, 0.3) is 17.7 Å². The largest absolute Gasteiger partial charge is 0.481 e. The van der Waals surface area contributed by atoms with Crippen LogP contribution in [-0.4, -0.2) is 377 Å². The summed E-state index contributed by atoms with van der Waals surface area (Å²) >= 11 is 1.25. The number of nitrogens with one attached hydrogen (secondary N) is 5. The van der Waals surface area contributed by atoms with E-state index in [-0.39, 0.29) is 129 Å². The number of carbonyl (C=O) groups is 11. The van der Waals surface area contributed by atoms with Crippen LogP contribution < -0.4 is 37.1 Å². The van der Waals surface area contributed by atoms with E-state index in [0.717, 1.165) is 24.1 Å². The second kappa shape index (κ2) is 65.4. The summed E-state index contributed by atoms with van der Waals surface area (Å²) in [6, 6.07) is 9.69. The molecule has 3 aliphatic heterocycles. The van der Waals surface area contributed by atoms with Crippen molar-refractivity contribution in [2.45, 2.75) is 199 Å². The standard InChI is InChI=1S/C94H148N10O31S/c1-10-64(5)69(91(116)102(7)73(63(3)4)59-78(133-11-2)90-101-72(62-136-90)88(114)98-68(55-65(6)92(117)118)56-66-19-13-12-14-20-66)58-76(105)75-22-16-18-31-104(75,8)61-67-23-24-77(134-94-85(112)83(110)84(111)86(135-94)93(119)120)71(57-67)99-80(107)27-30-97-87(113)70(100-89(115)74(60-95)103-81(108)25-26-82(103)109)21-15-17-29-96-79(106)28-32-122-35-36-124-39-40-126-43-44-128-47-48-130-51-52-132-54-53-131-50-49-129-46-45-127-42-41-125-38-37-123-34-33-121-9/h12-14,19-20,23-26,57,62-65,68-70,73-75,78,83-86,94,110-112H,10-11,15-18,21-22,27-56,58-61,95H2,1-9H3,(H6-,96,97,98,99,100,106,107,113,114,115,117,118,119,120)/p+1/t64-,65-,68+,69-,70-,73+,74-,75+,78+,83-,84-,85+,86-,94+,104?/m0/s1. The van der Waals surface area contributed by atoms with Crippen LogP contribution in [0.2, 0.25) is 0 Å². The number of carboxylic acid groups (broad SMARTS) is 2. The van der Waals surface area contributed by atoms with Gasteiger partial charge in [-0.3, -0.25) is 52.8 Å². The van der Waals surface area contributed by atoms with Gasteiger partial charge in [-0.15, -0.1) is 11.3 Å². The summed E-state index contributed by atoms with van der Waals surface area (Å²) in [5.74, 6) is -9.82. The molecule has 2 aromatic carbocycles. The van der Waals surface area contributed by atoms with Gasteiger partial charge in [0, 0.05) is 114 Å². The van der Waals surface area contributed by atoms with Crippen LogP contribution in [-0.2, 0) is 127 Å². The first-order valence-corrected chi connectivity index (χ1v) is 48.1. The fourth-order valence-corrected chi connectivity index (χ4v) is 16.6. The average Bonchev–Trinajstić information content (AvgIpc) is 1.04. The number of piperidine rings is 1. The first kappa shape index (κ1) is 116. The number of rotatable bonds is 75. The number of ketones is 1. The number of unbranched alkanes of at least 4 members (excludes halogenated alkanes) is 1. The summed E-state index contributed by atoms with van der Waals surface area (Å²) in [5, 5.41) is 68.2. The molecule has 0 bridgehead atoms. The third-order valence-electron chi connectivity index (χ3n) is 23.5. The Bertz CT molecular complexity index is 4060. The molecule has 42 heteroatoms. The van der Waals surface area contributed by atoms with Crippen molar-refractivity contribution in [2.75, 3.05) is 211 Å². The first-order valence-electron chi connectivity index (χ1n) is 47.2. The number of aliphatic hydroxyl groups excluding tert-OH is 3. The Morgan fingerprint density at radius 3 is 1.73 bits per heavy atom. The predicted octanol–water partition coefficient (Wildman–Crippen LogP) is 3.32. The smallest absolute Gasteiger partial charge is 0.335 e. The van der Waals surface area contributed by atoms with Gasteiger partial charge in [0.15, 0.2) is 11.9 Å². The fraction of sp³-hybridized carbons (Fsp3) is 0.702. The van der Waals surface area contributed by atoms with E-state index in [9.17, 15) is 68.7 Å². The number of carboxylic acids is 2. The minimum atomic E-state index is -2.06. The van der Waals surface area contributed by atoms with E-state index in [0.29, 0.717) is 193 Å². The van der Waals surface area contributed by atoms with Gasteiger partial charge in [0.2, 0.25) is 35.8 Å². The molecule has 12 N–H and O–H groups in total. The van der Waals surface area contributed by atoms with E-state index in [1.54, 1.807) is 43.5 Å². The first-order chi connectivity index (χ1) is 65.4. The number of likely N-dealkylation sites (N-methyl/N-ethyl adjacent to an activating group) is 1. The lowest BCUT2D eigenvalue weighted by molar-refractivity contribution is -0.941. The van der Waals surface area contributed by atoms with Crippen LogP contribution in [0.4, 0.5) is 5.69 Å². The second-order valence-electron chi connectivity index (χ2n) is 34.2. The van der Waals surface area contributed by atoms with Crippen molar-refractivity contribution >= 4 is 82.0 Å². The minimum absolute atomic E-state index is 0.0294. The van der Waals surface area contributed by atoms with Crippen molar-refractivity contribution in [3.8, 4) is 5.75 Å². The molecule has 0 saturated carbocycles. The van der Waals surface area contributed by atoms with E-state index in [2.05, 4.69) is 26.6 Å². The number of likely N-dealkylation sites (tertiary alicyclic amines) is 1. The number of Topliss-reactive ketones (excluding diaryl/α,β-unsaturated/α-hetero) is 1. The Labute approximate surface area is 801 Å². The molecule has 41 nitrogen and oxygen atoms in total. The quantitative estimate of drug-likeness (QED) is 0.0219. The molecular formula is C94H149N10O31S+. The molecule has 4 heterocycles. The van der Waals surface area contributed by atoms with Gasteiger partial charge in [-0.2, -0.15) is 0 Å². The van der Waals surface area contributed by atoms with Crippen molar-refractivity contribution in [1.82, 2.24) is 36.1 Å². The Kier molecular flexibility index (Phi) is 55.8. The molecule has 0 aliphatic carbocycles. The number of imide groups is 1. The Hall–Kier alpha value is -8.58. The molecular weight excluding hydrogens is 1800 g/mol. The number of amides is 8. The van der Waals surface area contributed by atoms with Gasteiger partial charge >= 0.3 is 11.9 Å². The topological polar surface area (TPSA) is 533 Å². The molecule has 136 heavy (non-hydrogen) atoms. The highest BCUT2D eigenvalue weighted by Gasteiger charge is 2.49. The van der Waals surface area contributed by atoms with Crippen molar-refractivity contribution in [1.29, 1.82) is 0 Å². The van der Waals surface area contributed by atoms with E-state index in [1.165, 1.54) is 17.4 Å². The summed E-state index contributed by atoms with van der Waals surface area (Å²) in [6.45, 7) is 21.1. The van der Waals surface area contributed by atoms with Crippen LogP contribution in [0.5, 0.6) is 5.75 Å². The molecule has 15 atom stereocenters. The van der Waals surface area contributed by atoms with Gasteiger partial charge in [-0.05, 0) is 87.5 Å². The van der Waals surface area contributed by atoms with Crippen LogP contribution in [0.1, 0.15) is 151 Å². The number of aliphatic hydroxyl groups is 3. The van der Waals surface area contributed by atoms with Gasteiger partial charge in [-0.25, -0.2) is 9.78 Å². The number of anilines is 1. The van der Waals surface area contributed by atoms with Crippen molar-refractivity contribution < 1.29 is 154 Å². The van der Waals surface area contributed by atoms with Crippen LogP contribution in [0, 0.1) is 23.7 Å². The molecule has 1 aromatic heterocycles. The summed E-state index contributed by atoms with van der Waals surface area (Å²) < 4.78 is 83.5. The summed E-state index contributed by atoms with van der Waals surface area (Å²) in [4.78, 5) is 156. The number of nitrogens with two attached hydrogens (primary N) is 1. The summed E-state index contributed by atoms with van der Waals surface area (Å²) in [6.07, 6.45) is -5.34. The highest BCUT2D eigenvalue weighted by atomic mass is 32.1. The van der Waals surface area contributed by atoms with Crippen molar-refractivity contribution in [3.05, 3.63) is 87.9 Å². The molecule has 2 fully saturated rings. The second-order valence-corrected chi connectivity index (χ2v) is 35.1. The van der Waals surface area contributed by atoms with E-state index >= 15 is 9.59 Å². The Balaban J connectivity index is 0.976. The monoisotopic (exact) mass is 1950 g/mol. The van der Waals surface area contributed by atoms with Gasteiger partial charge in [-0.1, -0.05) is 71.4 Å². The number of quaternary nitrogens is 1. The molecule has 8 amide bonds. The van der Waals surface area contributed by atoms with Crippen LogP contribution >= 0.6 is 11.3 Å². The fourth-order valence-electron chi connectivity index (χ4n) is 15.7.